The van der Waals surface area contributed by atoms with E-state index in [0.29, 0.717) is 5.54 Å². The van der Waals surface area contributed by atoms with Crippen molar-refractivity contribution < 1.29 is 0 Å². The number of hydrogen-bond donors (Lipinski definition) is 1. The number of likely N-dealkylation sites (N-methyl/N-ethyl adjacent to an activating group) is 1. The van der Waals surface area contributed by atoms with E-state index in [1.807, 2.05) is 0 Å². The van der Waals surface area contributed by atoms with Gasteiger partial charge in [-0.3, -0.25) is 4.90 Å². The van der Waals surface area contributed by atoms with Crippen molar-refractivity contribution in [2.75, 3.05) is 39.8 Å². The Hall–Kier alpha value is -0.120. The molecule has 82 valence electrons. The van der Waals surface area contributed by atoms with E-state index in [1.54, 1.807) is 0 Å². The Bertz CT molecular complexity index is 197. The third-order valence-corrected chi connectivity index (χ3v) is 3.63. The molecular weight excluding hydrogens is 174 g/mol. The van der Waals surface area contributed by atoms with E-state index in [4.69, 9.17) is 0 Å². The monoisotopic (exact) mass is 197 g/mol. The number of hydrogen-bond acceptors (Lipinski definition) is 3. The number of nitrogens with one attached hydrogen (secondary N) is 1. The maximum absolute atomic E-state index is 3.46. The average Bonchev–Trinajstić information content (AvgIpc) is 2.54. The minimum atomic E-state index is 0.351. The summed E-state index contributed by atoms with van der Waals surface area (Å²) < 4.78 is 0. The topological polar surface area (TPSA) is 18.5 Å². The molecule has 0 aromatic rings. The molecule has 0 saturated carbocycles. The van der Waals surface area contributed by atoms with Crippen LogP contribution in [0.1, 0.15) is 20.3 Å². The number of rotatable bonds is 1. The summed E-state index contributed by atoms with van der Waals surface area (Å²) in [6.45, 7) is 10.8. The molecule has 2 saturated heterocycles. The molecule has 0 aliphatic carbocycles. The van der Waals surface area contributed by atoms with E-state index in [9.17, 15) is 0 Å². The molecule has 0 unspecified atom stereocenters. The Labute approximate surface area is 87.4 Å². The van der Waals surface area contributed by atoms with Crippen LogP contribution in [-0.4, -0.2) is 61.2 Å². The molecule has 1 N–H and O–H groups in total. The van der Waals surface area contributed by atoms with Crippen molar-refractivity contribution >= 4 is 0 Å². The third kappa shape index (κ3) is 1.95. The highest BCUT2D eigenvalue weighted by molar-refractivity contribution is 4.95. The summed E-state index contributed by atoms with van der Waals surface area (Å²) >= 11 is 0. The Morgan fingerprint density at radius 3 is 2.64 bits per heavy atom. The van der Waals surface area contributed by atoms with Crippen LogP contribution in [0.15, 0.2) is 0 Å². The van der Waals surface area contributed by atoms with Gasteiger partial charge in [-0.05, 0) is 33.9 Å². The summed E-state index contributed by atoms with van der Waals surface area (Å²) in [5.74, 6) is 0. The van der Waals surface area contributed by atoms with E-state index in [2.05, 4.69) is 36.0 Å². The summed E-state index contributed by atoms with van der Waals surface area (Å²) in [7, 11) is 2.23. The number of nitrogens with zero attached hydrogens (tertiary/aromatic N) is 2. The van der Waals surface area contributed by atoms with Gasteiger partial charge in [0.2, 0.25) is 0 Å². The van der Waals surface area contributed by atoms with Gasteiger partial charge in [0.05, 0.1) is 0 Å². The van der Waals surface area contributed by atoms with Crippen LogP contribution in [0.4, 0.5) is 0 Å². The Morgan fingerprint density at radius 1 is 1.29 bits per heavy atom. The highest BCUT2D eigenvalue weighted by atomic mass is 15.3. The second-order valence-electron chi connectivity index (χ2n) is 5.39. The highest BCUT2D eigenvalue weighted by Crippen LogP contribution is 2.24. The fourth-order valence-corrected chi connectivity index (χ4v) is 2.99. The Balaban J connectivity index is 2.02. The van der Waals surface area contributed by atoms with Crippen LogP contribution in [-0.2, 0) is 0 Å². The predicted molar refractivity (Wildman–Crippen MR) is 59.6 cm³/mol. The maximum atomic E-state index is 3.46. The molecule has 14 heavy (non-hydrogen) atoms. The summed E-state index contributed by atoms with van der Waals surface area (Å²) in [6.07, 6.45) is 1.33. The Morgan fingerprint density at radius 2 is 2.07 bits per heavy atom. The zero-order valence-corrected chi connectivity index (χ0v) is 9.71. The largest absolute Gasteiger partial charge is 0.315 e. The second-order valence-corrected chi connectivity index (χ2v) is 5.39. The lowest BCUT2D eigenvalue weighted by atomic mass is 9.96. The first-order chi connectivity index (χ1) is 6.59. The van der Waals surface area contributed by atoms with Crippen molar-refractivity contribution in [1.29, 1.82) is 0 Å². The first-order valence-electron chi connectivity index (χ1n) is 5.75. The lowest BCUT2D eigenvalue weighted by molar-refractivity contribution is 0.00388. The van der Waals surface area contributed by atoms with Crippen molar-refractivity contribution in [3.63, 3.8) is 0 Å². The molecule has 2 rings (SSSR count). The summed E-state index contributed by atoms with van der Waals surface area (Å²) in [5, 5.41) is 3.46. The van der Waals surface area contributed by atoms with Gasteiger partial charge in [-0.1, -0.05) is 0 Å². The zero-order valence-electron chi connectivity index (χ0n) is 9.71. The minimum absolute atomic E-state index is 0.351. The summed E-state index contributed by atoms with van der Waals surface area (Å²) in [5.41, 5.74) is 0.351. The van der Waals surface area contributed by atoms with Crippen LogP contribution < -0.4 is 5.32 Å². The molecule has 3 nitrogen and oxygen atoms in total. The smallest absolute Gasteiger partial charge is 0.0284 e. The molecule has 0 aromatic carbocycles. The molecule has 0 bridgehead atoms. The lowest BCUT2D eigenvalue weighted by Gasteiger charge is -2.49. The SMILES string of the molecule is CN1CCN([C@@H]2CCNC2)C(C)(C)C1. The molecule has 3 heteroatoms. The van der Waals surface area contributed by atoms with E-state index in [-0.39, 0.29) is 0 Å². The van der Waals surface area contributed by atoms with Gasteiger partial charge in [0.1, 0.15) is 0 Å². The highest BCUT2D eigenvalue weighted by Gasteiger charge is 2.37. The Kier molecular flexibility index (Phi) is 2.82. The van der Waals surface area contributed by atoms with Gasteiger partial charge < -0.3 is 10.2 Å². The maximum Gasteiger partial charge on any atom is 0.0284 e. The van der Waals surface area contributed by atoms with Gasteiger partial charge >= 0.3 is 0 Å². The molecule has 0 aromatic heterocycles. The quantitative estimate of drug-likeness (QED) is 0.655. The molecule has 2 heterocycles. The van der Waals surface area contributed by atoms with Gasteiger partial charge in [0.25, 0.3) is 0 Å². The third-order valence-electron chi connectivity index (χ3n) is 3.63. The molecule has 1 atom stereocenters. The predicted octanol–water partition coefficient (Wildman–Crippen LogP) is 0.374. The molecule has 2 aliphatic rings. The van der Waals surface area contributed by atoms with Crippen molar-refractivity contribution in [2.24, 2.45) is 0 Å². The van der Waals surface area contributed by atoms with E-state index in [0.717, 1.165) is 6.04 Å². The summed E-state index contributed by atoms with van der Waals surface area (Å²) in [6, 6.07) is 0.777. The van der Waals surface area contributed by atoms with Gasteiger partial charge in [-0.25, -0.2) is 0 Å². The molecule has 0 spiro atoms. The fourth-order valence-electron chi connectivity index (χ4n) is 2.99. The zero-order chi connectivity index (χ0) is 10.2. The van der Waals surface area contributed by atoms with Crippen molar-refractivity contribution in [1.82, 2.24) is 15.1 Å². The molecule has 2 fully saturated rings. The van der Waals surface area contributed by atoms with Gasteiger partial charge in [0, 0.05) is 37.8 Å². The van der Waals surface area contributed by atoms with Crippen LogP contribution in [0.5, 0.6) is 0 Å². The van der Waals surface area contributed by atoms with Gasteiger partial charge in [-0.15, -0.1) is 0 Å². The minimum Gasteiger partial charge on any atom is -0.315 e. The summed E-state index contributed by atoms with van der Waals surface area (Å²) in [4.78, 5) is 5.14. The van der Waals surface area contributed by atoms with Crippen molar-refractivity contribution in [2.45, 2.75) is 31.8 Å². The van der Waals surface area contributed by atoms with E-state index in [1.165, 1.54) is 39.1 Å². The van der Waals surface area contributed by atoms with Crippen LogP contribution in [0, 0.1) is 0 Å². The van der Waals surface area contributed by atoms with Crippen molar-refractivity contribution in [3.05, 3.63) is 0 Å². The molecule has 2 aliphatic heterocycles. The molecule has 0 amide bonds. The standard InChI is InChI=1S/C11H23N3/c1-11(2)9-13(3)6-7-14(11)10-4-5-12-8-10/h10,12H,4-9H2,1-3H3/t10-/m1/s1. The lowest BCUT2D eigenvalue weighted by Crippen LogP contribution is -2.61. The first-order valence-corrected chi connectivity index (χ1v) is 5.75. The van der Waals surface area contributed by atoms with Gasteiger partial charge in [0.15, 0.2) is 0 Å². The van der Waals surface area contributed by atoms with Gasteiger partial charge in [-0.2, -0.15) is 0 Å². The average molecular weight is 197 g/mol. The number of piperazine rings is 1. The fraction of sp³-hybridized carbons (Fsp3) is 1.00. The van der Waals surface area contributed by atoms with Crippen molar-refractivity contribution in [3.8, 4) is 0 Å². The van der Waals surface area contributed by atoms with Crippen LogP contribution >= 0.6 is 0 Å². The second kappa shape index (κ2) is 3.80. The van der Waals surface area contributed by atoms with E-state index < -0.39 is 0 Å². The first kappa shape index (κ1) is 10.4. The van der Waals surface area contributed by atoms with Crippen LogP contribution in [0.2, 0.25) is 0 Å². The van der Waals surface area contributed by atoms with Crippen LogP contribution in [0.3, 0.4) is 0 Å². The van der Waals surface area contributed by atoms with E-state index >= 15 is 0 Å². The normalized spacial score (nSPS) is 34.9. The molecular formula is C11H23N3. The van der Waals surface area contributed by atoms with Crippen LogP contribution in [0.25, 0.3) is 0 Å². The molecule has 0 radical (unpaired) electrons.